The fraction of sp³-hybridized carbons (Fsp3) is 0.929. The minimum atomic E-state index is -0.573. The largest absolute Gasteiger partial charge is 0.368 e. The lowest BCUT2D eigenvalue weighted by atomic mass is 9.95. The van der Waals surface area contributed by atoms with Gasteiger partial charge in [0, 0.05) is 12.6 Å². The van der Waals surface area contributed by atoms with E-state index >= 15 is 0 Å². The Bertz CT molecular complexity index is 295. The predicted molar refractivity (Wildman–Crippen MR) is 79.0 cm³/mol. The number of nitrogens with zero attached hydrogens (tertiary/aromatic N) is 2. The third kappa shape index (κ3) is 4.75. The number of likely N-dealkylation sites (N-methyl/N-ethyl adjacent to an activating group) is 2. The Labute approximate surface area is 117 Å². The normalized spacial score (nSPS) is 23.7. The quantitative estimate of drug-likeness (QED) is 0.664. The Kier molecular flexibility index (Phi) is 6.23. The summed E-state index contributed by atoms with van der Waals surface area (Å²) < 4.78 is 0. The molecule has 112 valence electrons. The van der Waals surface area contributed by atoms with Crippen molar-refractivity contribution < 1.29 is 4.79 Å². The van der Waals surface area contributed by atoms with E-state index < -0.39 is 5.54 Å². The van der Waals surface area contributed by atoms with E-state index in [2.05, 4.69) is 29.2 Å². The first-order valence-electron chi connectivity index (χ1n) is 7.26. The standard InChI is InChI=1S/C14H30N4O/c1-14(16-2,13(15)19)8-6-10-18-9-5-7-12(18)11-17(3)4/h12,16H,5-11H2,1-4H3,(H2,15,19). The molecule has 0 aromatic carbocycles. The topological polar surface area (TPSA) is 61.6 Å². The lowest BCUT2D eigenvalue weighted by molar-refractivity contribution is -0.123. The SMILES string of the molecule is CNC(C)(CCCN1CCCC1CN(C)C)C(N)=O. The van der Waals surface area contributed by atoms with Crippen molar-refractivity contribution in [3.05, 3.63) is 0 Å². The second-order valence-electron chi connectivity index (χ2n) is 6.14. The summed E-state index contributed by atoms with van der Waals surface area (Å²) in [5, 5.41) is 3.05. The fourth-order valence-corrected chi connectivity index (χ4v) is 2.82. The van der Waals surface area contributed by atoms with Gasteiger partial charge in [-0.1, -0.05) is 0 Å². The molecule has 0 aromatic heterocycles. The minimum Gasteiger partial charge on any atom is -0.368 e. The van der Waals surface area contributed by atoms with Crippen molar-refractivity contribution in [3.63, 3.8) is 0 Å². The molecule has 1 amide bonds. The molecule has 3 N–H and O–H groups in total. The van der Waals surface area contributed by atoms with Crippen molar-refractivity contribution in [1.29, 1.82) is 0 Å². The van der Waals surface area contributed by atoms with Crippen molar-refractivity contribution >= 4 is 5.91 Å². The molecule has 5 nitrogen and oxygen atoms in total. The van der Waals surface area contributed by atoms with Gasteiger partial charge < -0.3 is 16.0 Å². The minimum absolute atomic E-state index is 0.263. The van der Waals surface area contributed by atoms with E-state index in [0.717, 1.165) is 25.9 Å². The Morgan fingerprint density at radius 2 is 2.21 bits per heavy atom. The summed E-state index contributed by atoms with van der Waals surface area (Å²) in [4.78, 5) is 16.2. The van der Waals surface area contributed by atoms with Crippen LogP contribution in [0, 0.1) is 0 Å². The molecule has 1 heterocycles. The molecule has 2 atom stereocenters. The fourth-order valence-electron chi connectivity index (χ4n) is 2.82. The maximum absolute atomic E-state index is 11.4. The zero-order valence-corrected chi connectivity index (χ0v) is 12.9. The molecule has 0 aromatic rings. The van der Waals surface area contributed by atoms with E-state index in [0.29, 0.717) is 6.04 Å². The van der Waals surface area contributed by atoms with E-state index in [1.165, 1.54) is 19.4 Å². The highest BCUT2D eigenvalue weighted by Crippen LogP contribution is 2.20. The summed E-state index contributed by atoms with van der Waals surface area (Å²) in [6.45, 7) is 5.25. The molecule has 2 unspecified atom stereocenters. The number of carbonyl (C=O) groups excluding carboxylic acids is 1. The second kappa shape index (κ2) is 7.22. The molecule has 1 rings (SSSR count). The van der Waals surface area contributed by atoms with Gasteiger partial charge in [-0.2, -0.15) is 0 Å². The van der Waals surface area contributed by atoms with E-state index in [-0.39, 0.29) is 5.91 Å². The highest BCUT2D eigenvalue weighted by Gasteiger charge is 2.30. The number of carbonyl (C=O) groups is 1. The van der Waals surface area contributed by atoms with E-state index in [1.54, 1.807) is 7.05 Å². The third-order valence-corrected chi connectivity index (χ3v) is 4.29. The highest BCUT2D eigenvalue weighted by molar-refractivity contribution is 5.84. The number of nitrogens with one attached hydrogen (secondary N) is 1. The van der Waals surface area contributed by atoms with Crippen molar-refractivity contribution in [1.82, 2.24) is 15.1 Å². The summed E-state index contributed by atoms with van der Waals surface area (Å²) in [5.74, 6) is -0.263. The van der Waals surface area contributed by atoms with Gasteiger partial charge in [0.2, 0.25) is 5.91 Å². The van der Waals surface area contributed by atoms with Crippen LogP contribution in [0.4, 0.5) is 0 Å². The summed E-state index contributed by atoms with van der Waals surface area (Å²) in [5.41, 5.74) is 4.87. The van der Waals surface area contributed by atoms with Gasteiger partial charge in [-0.3, -0.25) is 9.69 Å². The first-order chi connectivity index (χ1) is 8.89. The molecule has 0 spiro atoms. The van der Waals surface area contributed by atoms with Crippen LogP contribution in [0.3, 0.4) is 0 Å². The maximum atomic E-state index is 11.4. The highest BCUT2D eigenvalue weighted by atomic mass is 16.1. The van der Waals surface area contributed by atoms with Crippen LogP contribution in [-0.4, -0.2) is 68.1 Å². The number of hydrogen-bond donors (Lipinski definition) is 2. The van der Waals surface area contributed by atoms with Gasteiger partial charge in [0.05, 0.1) is 5.54 Å². The maximum Gasteiger partial charge on any atom is 0.237 e. The predicted octanol–water partition coefficient (Wildman–Crippen LogP) is 0.256. The van der Waals surface area contributed by atoms with E-state index in [9.17, 15) is 4.79 Å². The molecular formula is C14H30N4O. The molecule has 1 aliphatic heterocycles. The van der Waals surface area contributed by atoms with Gasteiger partial charge in [0.1, 0.15) is 0 Å². The zero-order chi connectivity index (χ0) is 14.5. The summed E-state index contributed by atoms with van der Waals surface area (Å²) in [6.07, 6.45) is 4.38. The Morgan fingerprint density at radius 1 is 1.53 bits per heavy atom. The van der Waals surface area contributed by atoms with Gasteiger partial charge in [0.25, 0.3) is 0 Å². The molecule has 0 radical (unpaired) electrons. The van der Waals surface area contributed by atoms with Gasteiger partial charge in [0.15, 0.2) is 0 Å². The van der Waals surface area contributed by atoms with Gasteiger partial charge in [-0.05, 0) is 66.8 Å². The average Bonchev–Trinajstić information content (AvgIpc) is 2.75. The smallest absolute Gasteiger partial charge is 0.237 e. The van der Waals surface area contributed by atoms with Crippen LogP contribution in [0.2, 0.25) is 0 Å². The number of amides is 1. The number of likely N-dealkylation sites (tertiary alicyclic amines) is 1. The van der Waals surface area contributed by atoms with Crippen LogP contribution in [0.25, 0.3) is 0 Å². The number of rotatable bonds is 8. The molecule has 0 bridgehead atoms. The lowest BCUT2D eigenvalue weighted by Gasteiger charge is -2.29. The second-order valence-corrected chi connectivity index (χ2v) is 6.14. The first kappa shape index (κ1) is 16.4. The molecular weight excluding hydrogens is 240 g/mol. The summed E-state index contributed by atoms with van der Waals surface area (Å²) in [7, 11) is 6.05. The van der Waals surface area contributed by atoms with E-state index in [1.807, 2.05) is 6.92 Å². The molecule has 1 fully saturated rings. The molecule has 19 heavy (non-hydrogen) atoms. The summed E-state index contributed by atoms with van der Waals surface area (Å²) >= 11 is 0. The van der Waals surface area contributed by atoms with Crippen molar-refractivity contribution in [3.8, 4) is 0 Å². The van der Waals surface area contributed by atoms with Crippen LogP contribution >= 0.6 is 0 Å². The van der Waals surface area contributed by atoms with Crippen LogP contribution < -0.4 is 11.1 Å². The Morgan fingerprint density at radius 3 is 2.74 bits per heavy atom. The van der Waals surface area contributed by atoms with Crippen LogP contribution in [0.5, 0.6) is 0 Å². The van der Waals surface area contributed by atoms with Crippen LogP contribution in [-0.2, 0) is 4.79 Å². The third-order valence-electron chi connectivity index (χ3n) is 4.29. The number of nitrogens with two attached hydrogens (primary N) is 1. The average molecular weight is 270 g/mol. The number of primary amides is 1. The lowest BCUT2D eigenvalue weighted by Crippen LogP contribution is -2.51. The van der Waals surface area contributed by atoms with E-state index in [4.69, 9.17) is 5.73 Å². The molecule has 1 saturated heterocycles. The number of hydrogen-bond acceptors (Lipinski definition) is 4. The van der Waals surface area contributed by atoms with Crippen LogP contribution in [0.1, 0.15) is 32.6 Å². The van der Waals surface area contributed by atoms with Crippen molar-refractivity contribution in [2.75, 3.05) is 40.8 Å². The van der Waals surface area contributed by atoms with Gasteiger partial charge in [-0.15, -0.1) is 0 Å². The zero-order valence-electron chi connectivity index (χ0n) is 12.9. The Hall–Kier alpha value is -0.650. The van der Waals surface area contributed by atoms with Crippen LogP contribution in [0.15, 0.2) is 0 Å². The monoisotopic (exact) mass is 270 g/mol. The van der Waals surface area contributed by atoms with Gasteiger partial charge >= 0.3 is 0 Å². The molecule has 1 aliphatic rings. The molecule has 0 saturated carbocycles. The molecule has 5 heteroatoms. The summed E-state index contributed by atoms with van der Waals surface area (Å²) in [6, 6.07) is 0.671. The Balaban J connectivity index is 2.37. The molecule has 0 aliphatic carbocycles. The van der Waals surface area contributed by atoms with Gasteiger partial charge in [-0.25, -0.2) is 0 Å². The first-order valence-corrected chi connectivity index (χ1v) is 7.26. The van der Waals surface area contributed by atoms with Crippen molar-refractivity contribution in [2.24, 2.45) is 5.73 Å². The van der Waals surface area contributed by atoms with Crippen molar-refractivity contribution in [2.45, 2.75) is 44.2 Å².